The number of aromatic nitrogens is 3. The van der Waals surface area contributed by atoms with Crippen LogP contribution in [0, 0.1) is 22.9 Å². The minimum absolute atomic E-state index is 0.0442. The standard InChI is InChI=1S/C14H14FN5O3S/c1-3-6-19-9(2)17-18-14(19)24-8-13(21)16-12-7-10(20(22)23)4-5-11(12)15/h3-5,7H,1,6,8H2,2H3,(H,16,21). The van der Waals surface area contributed by atoms with Crippen LogP contribution in [0.1, 0.15) is 5.82 Å². The van der Waals surface area contributed by atoms with Crippen molar-refractivity contribution < 1.29 is 14.1 Å². The molecule has 1 amide bonds. The van der Waals surface area contributed by atoms with Gasteiger partial charge in [-0.15, -0.1) is 16.8 Å². The molecule has 0 unspecified atom stereocenters. The van der Waals surface area contributed by atoms with Gasteiger partial charge in [0.1, 0.15) is 11.6 Å². The van der Waals surface area contributed by atoms with Crippen molar-refractivity contribution in [3.05, 3.63) is 52.6 Å². The zero-order chi connectivity index (χ0) is 17.7. The number of allylic oxidation sites excluding steroid dienone is 1. The van der Waals surface area contributed by atoms with Crippen molar-refractivity contribution in [3.63, 3.8) is 0 Å². The minimum atomic E-state index is -0.746. The van der Waals surface area contributed by atoms with Gasteiger partial charge in [0.2, 0.25) is 5.91 Å². The second kappa shape index (κ2) is 7.68. The summed E-state index contributed by atoms with van der Waals surface area (Å²) in [6, 6.07) is 2.94. The summed E-state index contributed by atoms with van der Waals surface area (Å²) in [5, 5.41) is 21.4. The molecule has 0 aliphatic rings. The van der Waals surface area contributed by atoms with Crippen LogP contribution in [0.25, 0.3) is 0 Å². The highest BCUT2D eigenvalue weighted by atomic mass is 32.2. The van der Waals surface area contributed by atoms with Crippen molar-refractivity contribution in [2.24, 2.45) is 0 Å². The summed E-state index contributed by atoms with van der Waals surface area (Å²) < 4.78 is 15.4. The van der Waals surface area contributed by atoms with Crippen molar-refractivity contribution in [1.82, 2.24) is 14.8 Å². The van der Waals surface area contributed by atoms with Gasteiger partial charge in [-0.05, 0) is 13.0 Å². The van der Waals surface area contributed by atoms with Gasteiger partial charge in [0.25, 0.3) is 5.69 Å². The van der Waals surface area contributed by atoms with E-state index in [1.807, 2.05) is 0 Å². The number of nitrogens with zero attached hydrogens (tertiary/aromatic N) is 4. The van der Waals surface area contributed by atoms with Gasteiger partial charge in [-0.1, -0.05) is 17.8 Å². The number of anilines is 1. The summed E-state index contributed by atoms with van der Waals surface area (Å²) in [6.07, 6.45) is 1.68. The Morgan fingerprint density at radius 3 is 2.96 bits per heavy atom. The number of amides is 1. The van der Waals surface area contributed by atoms with Gasteiger partial charge in [-0.3, -0.25) is 14.9 Å². The lowest BCUT2D eigenvalue weighted by Crippen LogP contribution is -2.16. The number of nitro groups is 1. The first kappa shape index (κ1) is 17.6. The van der Waals surface area contributed by atoms with Crippen molar-refractivity contribution >= 4 is 29.0 Å². The first-order chi connectivity index (χ1) is 11.4. The summed E-state index contributed by atoms with van der Waals surface area (Å²) in [6.45, 7) is 5.92. The zero-order valence-corrected chi connectivity index (χ0v) is 13.5. The SMILES string of the molecule is C=CCn1c(C)nnc1SCC(=O)Nc1cc([N+](=O)[O-])ccc1F. The number of nitro benzene ring substituents is 1. The zero-order valence-electron chi connectivity index (χ0n) is 12.7. The third kappa shape index (κ3) is 4.16. The van der Waals surface area contributed by atoms with E-state index in [-0.39, 0.29) is 17.1 Å². The van der Waals surface area contributed by atoms with Gasteiger partial charge in [0.15, 0.2) is 5.16 Å². The Morgan fingerprint density at radius 2 is 2.29 bits per heavy atom. The average molecular weight is 351 g/mol. The first-order valence-electron chi connectivity index (χ1n) is 6.79. The number of aryl methyl sites for hydroxylation is 1. The van der Waals surface area contributed by atoms with Crippen molar-refractivity contribution in [2.45, 2.75) is 18.6 Å². The molecule has 0 atom stereocenters. The molecule has 0 aliphatic heterocycles. The van der Waals surface area contributed by atoms with E-state index < -0.39 is 16.6 Å². The smallest absolute Gasteiger partial charge is 0.271 e. The topological polar surface area (TPSA) is 103 Å². The Balaban J connectivity index is 2.03. The molecule has 1 aromatic heterocycles. The van der Waals surface area contributed by atoms with Gasteiger partial charge >= 0.3 is 0 Å². The molecule has 0 saturated carbocycles. The lowest BCUT2D eigenvalue weighted by Gasteiger charge is -2.07. The summed E-state index contributed by atoms with van der Waals surface area (Å²) in [5.74, 6) is -0.616. The van der Waals surface area contributed by atoms with Gasteiger partial charge in [-0.2, -0.15) is 0 Å². The third-order valence-electron chi connectivity index (χ3n) is 2.98. The monoisotopic (exact) mass is 351 g/mol. The van der Waals surface area contributed by atoms with E-state index in [1.165, 1.54) is 0 Å². The molecular weight excluding hydrogens is 337 g/mol. The summed E-state index contributed by atoms with van der Waals surface area (Å²) in [4.78, 5) is 22.0. The van der Waals surface area contributed by atoms with Crippen LogP contribution in [0.5, 0.6) is 0 Å². The molecular formula is C14H14FN5O3S. The maximum Gasteiger partial charge on any atom is 0.271 e. The Bertz CT molecular complexity index is 793. The molecule has 24 heavy (non-hydrogen) atoms. The van der Waals surface area contributed by atoms with E-state index in [9.17, 15) is 19.3 Å². The minimum Gasteiger partial charge on any atom is -0.323 e. The Kier molecular flexibility index (Phi) is 5.64. The van der Waals surface area contributed by atoms with Gasteiger partial charge in [0.05, 0.1) is 16.4 Å². The molecule has 8 nitrogen and oxygen atoms in total. The highest BCUT2D eigenvalue weighted by Gasteiger charge is 2.15. The largest absolute Gasteiger partial charge is 0.323 e. The number of hydrogen-bond donors (Lipinski definition) is 1. The second-order valence-corrected chi connectivity index (χ2v) is 5.63. The van der Waals surface area contributed by atoms with E-state index >= 15 is 0 Å². The van der Waals surface area contributed by atoms with E-state index in [4.69, 9.17) is 0 Å². The molecule has 0 fully saturated rings. The van der Waals surface area contributed by atoms with Crippen LogP contribution in [0.4, 0.5) is 15.8 Å². The maximum atomic E-state index is 13.6. The predicted octanol–water partition coefficient (Wildman–Crippen LogP) is 2.55. The molecule has 0 bridgehead atoms. The van der Waals surface area contributed by atoms with Crippen LogP contribution in [0.2, 0.25) is 0 Å². The lowest BCUT2D eigenvalue weighted by molar-refractivity contribution is -0.384. The van der Waals surface area contributed by atoms with Gasteiger partial charge < -0.3 is 9.88 Å². The second-order valence-electron chi connectivity index (χ2n) is 4.69. The molecule has 1 aromatic carbocycles. The van der Waals surface area contributed by atoms with Crippen molar-refractivity contribution in [1.29, 1.82) is 0 Å². The van der Waals surface area contributed by atoms with Crippen molar-refractivity contribution in [2.75, 3.05) is 11.1 Å². The lowest BCUT2D eigenvalue weighted by atomic mass is 10.2. The van der Waals surface area contributed by atoms with E-state index in [0.717, 1.165) is 30.0 Å². The quantitative estimate of drug-likeness (QED) is 0.356. The predicted molar refractivity (Wildman–Crippen MR) is 87.4 cm³/mol. The number of benzene rings is 1. The van der Waals surface area contributed by atoms with Gasteiger partial charge in [-0.25, -0.2) is 4.39 Å². The Hall–Kier alpha value is -2.75. The third-order valence-corrected chi connectivity index (χ3v) is 3.95. The van der Waals surface area contributed by atoms with Crippen LogP contribution in [0.15, 0.2) is 36.0 Å². The molecule has 2 aromatic rings. The highest BCUT2D eigenvalue weighted by molar-refractivity contribution is 7.99. The summed E-state index contributed by atoms with van der Waals surface area (Å²) >= 11 is 1.12. The first-order valence-corrected chi connectivity index (χ1v) is 7.78. The van der Waals surface area contributed by atoms with E-state index in [2.05, 4.69) is 22.1 Å². The molecule has 10 heteroatoms. The normalized spacial score (nSPS) is 10.4. The molecule has 126 valence electrons. The maximum absolute atomic E-state index is 13.6. The van der Waals surface area contributed by atoms with Crippen LogP contribution in [-0.4, -0.2) is 31.3 Å². The fraction of sp³-hybridized carbons (Fsp3) is 0.214. The molecule has 1 heterocycles. The summed E-state index contributed by atoms with van der Waals surface area (Å²) in [5.41, 5.74) is -0.542. The molecule has 0 radical (unpaired) electrons. The van der Waals surface area contributed by atoms with Gasteiger partial charge in [0, 0.05) is 18.7 Å². The van der Waals surface area contributed by atoms with Crippen LogP contribution < -0.4 is 5.32 Å². The number of nitrogens with one attached hydrogen (secondary N) is 1. The molecule has 0 saturated heterocycles. The van der Waals surface area contributed by atoms with E-state index in [0.29, 0.717) is 17.5 Å². The molecule has 0 spiro atoms. The van der Waals surface area contributed by atoms with Crippen LogP contribution >= 0.6 is 11.8 Å². The molecule has 0 aliphatic carbocycles. The summed E-state index contributed by atoms with van der Waals surface area (Å²) in [7, 11) is 0. The Morgan fingerprint density at radius 1 is 1.54 bits per heavy atom. The van der Waals surface area contributed by atoms with Crippen LogP contribution in [-0.2, 0) is 11.3 Å². The van der Waals surface area contributed by atoms with E-state index in [1.54, 1.807) is 17.6 Å². The fourth-order valence-corrected chi connectivity index (χ4v) is 2.64. The Labute approximate surface area is 140 Å². The number of carbonyl (C=O) groups is 1. The van der Waals surface area contributed by atoms with Crippen molar-refractivity contribution in [3.8, 4) is 0 Å². The average Bonchev–Trinajstić information content (AvgIpc) is 2.88. The van der Waals surface area contributed by atoms with Crippen LogP contribution in [0.3, 0.4) is 0 Å². The number of non-ortho nitro benzene ring substituents is 1. The molecule has 1 N–H and O–H groups in total. The highest BCUT2D eigenvalue weighted by Crippen LogP contribution is 2.22. The fourth-order valence-electron chi connectivity index (χ4n) is 1.85. The number of halogens is 1. The number of carbonyl (C=O) groups excluding carboxylic acids is 1. The number of hydrogen-bond acceptors (Lipinski definition) is 6. The number of rotatable bonds is 7. The molecule has 2 rings (SSSR count). The number of thioether (sulfide) groups is 1.